The summed E-state index contributed by atoms with van der Waals surface area (Å²) < 4.78 is 2.49. The first kappa shape index (κ1) is 39.7. The van der Waals surface area contributed by atoms with E-state index in [4.69, 9.17) is 9.97 Å². The Morgan fingerprint density at radius 2 is 0.955 bits per heavy atom. The number of aromatic nitrogens is 3. The van der Waals surface area contributed by atoms with E-state index in [2.05, 4.69) is 193 Å². The summed E-state index contributed by atoms with van der Waals surface area (Å²) in [5.41, 5.74) is 17.4. The van der Waals surface area contributed by atoms with Crippen LogP contribution in [0.3, 0.4) is 0 Å². The first-order valence-electron chi connectivity index (χ1n) is 22.7. The van der Waals surface area contributed by atoms with Crippen LogP contribution in [0.25, 0.3) is 83.6 Å². The van der Waals surface area contributed by atoms with Crippen LogP contribution in [0, 0.1) is 11.3 Å². The fourth-order valence-electron chi connectivity index (χ4n) is 10.4. The molecule has 0 N–H and O–H groups in total. The highest BCUT2D eigenvalue weighted by Gasteiger charge is 2.39. The number of fused-ring (bicyclic) bond motifs is 6. The quantitative estimate of drug-likeness (QED) is 0.160. The molecular weight excluding hydrogens is 815 g/mol. The van der Waals surface area contributed by atoms with Crippen molar-refractivity contribution in [2.45, 2.75) is 19.3 Å². The van der Waals surface area contributed by atoms with Crippen LogP contribution in [-0.2, 0) is 5.41 Å². The fraction of sp³-hybridized carbons (Fsp3) is 0.0484. The number of hydrogen-bond acceptors (Lipinski definition) is 4. The predicted octanol–water partition coefficient (Wildman–Crippen LogP) is 15.9. The topological polar surface area (TPSA) is 57.7 Å². The van der Waals surface area contributed by atoms with Crippen LogP contribution >= 0.6 is 0 Å². The molecule has 0 saturated heterocycles. The van der Waals surface area contributed by atoms with Crippen LogP contribution in [0.2, 0.25) is 0 Å². The smallest absolute Gasteiger partial charge is 0.160 e. The molecule has 5 heteroatoms. The summed E-state index contributed by atoms with van der Waals surface area (Å²) >= 11 is 0. The zero-order chi connectivity index (χ0) is 45.1. The van der Waals surface area contributed by atoms with Crippen molar-refractivity contribution >= 4 is 38.9 Å². The third-order valence-electron chi connectivity index (χ3n) is 13.4. The minimum Gasteiger partial charge on any atom is -0.310 e. The molecule has 0 unspecified atom stereocenters. The predicted molar refractivity (Wildman–Crippen MR) is 275 cm³/mol. The lowest BCUT2D eigenvalue weighted by molar-refractivity contribution is 0.638. The maximum absolute atomic E-state index is 10.8. The summed E-state index contributed by atoms with van der Waals surface area (Å²) in [5, 5.41) is 13.2. The van der Waals surface area contributed by atoms with Gasteiger partial charge in [-0.25, -0.2) is 9.97 Å². The highest BCUT2D eigenvalue weighted by Crippen LogP contribution is 2.56. The van der Waals surface area contributed by atoms with E-state index in [1.807, 2.05) is 60.7 Å². The van der Waals surface area contributed by atoms with Crippen molar-refractivity contribution in [2.75, 3.05) is 4.90 Å². The van der Waals surface area contributed by atoms with Gasteiger partial charge < -0.3 is 9.47 Å². The number of benzene rings is 9. The van der Waals surface area contributed by atoms with Crippen molar-refractivity contribution < 1.29 is 0 Å². The van der Waals surface area contributed by atoms with E-state index >= 15 is 0 Å². The molecule has 9 aromatic carbocycles. The largest absolute Gasteiger partial charge is 0.310 e. The number of hydrogen-bond donors (Lipinski definition) is 0. The van der Waals surface area contributed by atoms with Gasteiger partial charge in [0.25, 0.3) is 0 Å². The summed E-state index contributed by atoms with van der Waals surface area (Å²) in [6.45, 7) is 4.76. The van der Waals surface area contributed by atoms with Gasteiger partial charge in [-0.05, 0) is 70.8 Å². The Hall–Kier alpha value is -8.85. The Bertz CT molecular complexity index is 3580. The Balaban J connectivity index is 1.20. The van der Waals surface area contributed by atoms with Gasteiger partial charge in [0.2, 0.25) is 0 Å². The molecule has 3 heterocycles. The second kappa shape index (κ2) is 16.0. The molecule has 0 radical (unpaired) electrons. The van der Waals surface area contributed by atoms with Crippen molar-refractivity contribution in [1.29, 1.82) is 5.26 Å². The van der Waals surface area contributed by atoms with E-state index in [-0.39, 0.29) is 5.41 Å². The van der Waals surface area contributed by atoms with Crippen LogP contribution < -0.4 is 4.90 Å². The minimum absolute atomic E-state index is 0.347. The van der Waals surface area contributed by atoms with E-state index in [0.29, 0.717) is 22.8 Å². The zero-order valence-electron chi connectivity index (χ0n) is 37.1. The number of rotatable bonds is 7. The molecule has 316 valence electrons. The normalized spacial score (nSPS) is 12.7. The second-order valence-corrected chi connectivity index (χ2v) is 17.6. The van der Waals surface area contributed by atoms with Crippen LogP contribution in [-0.4, -0.2) is 14.5 Å². The average molecular weight is 858 g/mol. The van der Waals surface area contributed by atoms with Gasteiger partial charge in [-0.1, -0.05) is 190 Å². The third-order valence-corrected chi connectivity index (χ3v) is 13.4. The molecule has 0 aliphatic carbocycles. The third kappa shape index (κ3) is 6.45. The Labute approximate surface area is 390 Å². The van der Waals surface area contributed by atoms with Crippen LogP contribution in [0.1, 0.15) is 30.5 Å². The maximum atomic E-state index is 10.8. The molecule has 11 aromatic rings. The molecule has 2 aromatic heterocycles. The van der Waals surface area contributed by atoms with Gasteiger partial charge in [-0.15, -0.1) is 0 Å². The molecule has 0 amide bonds. The summed E-state index contributed by atoms with van der Waals surface area (Å²) in [4.78, 5) is 13.0. The van der Waals surface area contributed by atoms with Gasteiger partial charge >= 0.3 is 0 Å². The molecule has 0 bridgehead atoms. The maximum Gasteiger partial charge on any atom is 0.160 e. The lowest BCUT2D eigenvalue weighted by Crippen LogP contribution is -2.30. The van der Waals surface area contributed by atoms with Gasteiger partial charge in [0.05, 0.1) is 39.5 Å². The Kier molecular flexibility index (Phi) is 9.48. The standard InChI is InChI=1S/C62H43N5/c1-62(2)51-33-19-21-35-53(51)66(46-30-16-7-17-31-46)55-37-36-54-56(57(55)62)47-32-18-20-34-52(47)67(54)60-48(41-22-8-3-9-23-41)38-45(39-49(60)42-24-10-4-11-25-42)61-64-58(43-26-12-5-13-27-43)50(40-63)59(65-61)44-28-14-6-15-29-44/h3-39H,1-2H3. The van der Waals surface area contributed by atoms with Gasteiger partial charge in [-0.2, -0.15) is 5.26 Å². The Morgan fingerprint density at radius 3 is 1.52 bits per heavy atom. The van der Waals surface area contributed by atoms with Gasteiger partial charge in [0, 0.05) is 49.7 Å². The van der Waals surface area contributed by atoms with Gasteiger partial charge in [-0.3, -0.25) is 0 Å². The SMILES string of the molecule is CC1(C)c2ccccc2N(c2ccccc2)c2ccc3c(c21)c1ccccc1n3-c1c(-c2ccccc2)cc(-c2nc(-c3ccccc3)c(C#N)c(-c3ccccc3)n2)cc1-c1ccccc1. The van der Waals surface area contributed by atoms with Crippen molar-refractivity contribution in [3.05, 3.63) is 241 Å². The molecule has 67 heavy (non-hydrogen) atoms. The molecule has 1 aliphatic heterocycles. The first-order valence-corrected chi connectivity index (χ1v) is 22.7. The van der Waals surface area contributed by atoms with Gasteiger partial charge in [0.1, 0.15) is 11.6 Å². The van der Waals surface area contributed by atoms with Gasteiger partial charge in [0.15, 0.2) is 5.82 Å². The van der Waals surface area contributed by atoms with Crippen molar-refractivity contribution in [1.82, 2.24) is 14.5 Å². The molecular formula is C62H43N5. The number of nitriles is 1. The Morgan fingerprint density at radius 1 is 0.463 bits per heavy atom. The van der Waals surface area contributed by atoms with Crippen molar-refractivity contribution in [2.24, 2.45) is 0 Å². The number of nitrogens with zero attached hydrogens (tertiary/aromatic N) is 5. The average Bonchev–Trinajstić information content (AvgIpc) is 3.73. The van der Waals surface area contributed by atoms with E-state index < -0.39 is 0 Å². The lowest BCUT2D eigenvalue weighted by Gasteiger charge is -2.42. The summed E-state index contributed by atoms with van der Waals surface area (Å²) in [7, 11) is 0. The molecule has 1 aliphatic rings. The van der Waals surface area contributed by atoms with E-state index in [1.165, 1.54) is 33.3 Å². The highest BCUT2D eigenvalue weighted by molar-refractivity contribution is 6.15. The van der Waals surface area contributed by atoms with Crippen LogP contribution in [0.15, 0.2) is 224 Å². The lowest BCUT2D eigenvalue weighted by atomic mass is 9.72. The van der Waals surface area contributed by atoms with Crippen molar-refractivity contribution in [3.63, 3.8) is 0 Å². The summed E-state index contributed by atoms with van der Waals surface area (Å²) in [6.07, 6.45) is 0. The first-order chi connectivity index (χ1) is 33.0. The zero-order valence-corrected chi connectivity index (χ0v) is 37.1. The van der Waals surface area contributed by atoms with Crippen LogP contribution in [0.4, 0.5) is 17.1 Å². The molecule has 0 atom stereocenters. The number of para-hydroxylation sites is 3. The molecule has 0 saturated carbocycles. The molecule has 0 fully saturated rings. The van der Waals surface area contributed by atoms with Crippen LogP contribution in [0.5, 0.6) is 0 Å². The highest BCUT2D eigenvalue weighted by atomic mass is 15.2. The van der Waals surface area contributed by atoms with Crippen molar-refractivity contribution in [3.8, 4) is 67.9 Å². The van der Waals surface area contributed by atoms with E-state index in [0.717, 1.165) is 61.4 Å². The number of anilines is 3. The second-order valence-electron chi connectivity index (χ2n) is 17.6. The molecule has 5 nitrogen and oxygen atoms in total. The monoisotopic (exact) mass is 857 g/mol. The minimum atomic E-state index is -0.347. The van der Waals surface area contributed by atoms with E-state index in [9.17, 15) is 5.26 Å². The summed E-state index contributed by atoms with van der Waals surface area (Å²) in [5.74, 6) is 0.537. The molecule has 0 spiro atoms. The summed E-state index contributed by atoms with van der Waals surface area (Å²) in [6, 6.07) is 81.4. The molecule has 12 rings (SSSR count). The van der Waals surface area contributed by atoms with E-state index in [1.54, 1.807) is 0 Å². The fourth-order valence-corrected chi connectivity index (χ4v) is 10.4.